The summed E-state index contributed by atoms with van der Waals surface area (Å²) >= 11 is 0. The Morgan fingerprint density at radius 3 is 2.76 bits per heavy atom. The van der Waals surface area contributed by atoms with Gasteiger partial charge in [-0.05, 0) is 12.5 Å². The molecule has 2 amide bonds. The first-order chi connectivity index (χ1) is 11.8. The van der Waals surface area contributed by atoms with E-state index in [1.165, 1.54) is 12.1 Å². The number of anilines is 1. The first-order valence-electron chi connectivity index (χ1n) is 7.54. The summed E-state index contributed by atoms with van der Waals surface area (Å²) in [6.07, 6.45) is 0.554. The summed E-state index contributed by atoms with van der Waals surface area (Å²) in [5, 5.41) is 19.8. The number of hydrogen-bond donors (Lipinski definition) is 1. The summed E-state index contributed by atoms with van der Waals surface area (Å²) in [4.78, 5) is 47.9. The van der Waals surface area contributed by atoms with Gasteiger partial charge in [-0.25, -0.2) is 0 Å². The lowest BCUT2D eigenvalue weighted by molar-refractivity contribution is -0.384. The third kappa shape index (κ3) is 4.22. The van der Waals surface area contributed by atoms with Crippen LogP contribution in [0.3, 0.4) is 0 Å². The molecule has 0 aliphatic carbocycles. The van der Waals surface area contributed by atoms with E-state index < -0.39 is 35.8 Å². The second kappa shape index (κ2) is 7.60. The Labute approximate surface area is 142 Å². The number of ether oxygens (including phenoxy) is 1. The normalized spacial score (nSPS) is 13.0. The van der Waals surface area contributed by atoms with E-state index >= 15 is 0 Å². The SMILES string of the molecule is CCCN(CC(=O)O)C(=O)CN1C(=O)COc2ccc([N+](=O)[O-])cc21. The van der Waals surface area contributed by atoms with Crippen LogP contribution in [0, 0.1) is 10.1 Å². The summed E-state index contributed by atoms with van der Waals surface area (Å²) in [7, 11) is 0. The topological polar surface area (TPSA) is 130 Å². The van der Waals surface area contributed by atoms with Gasteiger partial charge in [-0.1, -0.05) is 6.92 Å². The van der Waals surface area contributed by atoms with E-state index in [1.807, 2.05) is 0 Å². The molecule has 0 radical (unpaired) electrons. The van der Waals surface area contributed by atoms with Crippen LogP contribution >= 0.6 is 0 Å². The molecular formula is C15H17N3O7. The van der Waals surface area contributed by atoms with Crippen LogP contribution in [-0.4, -0.2) is 59.0 Å². The molecule has 0 spiro atoms. The first-order valence-corrected chi connectivity index (χ1v) is 7.54. The van der Waals surface area contributed by atoms with Crippen molar-refractivity contribution in [3.05, 3.63) is 28.3 Å². The van der Waals surface area contributed by atoms with Gasteiger partial charge in [-0.3, -0.25) is 29.4 Å². The van der Waals surface area contributed by atoms with Crippen LogP contribution in [0.2, 0.25) is 0 Å². The average Bonchev–Trinajstić information content (AvgIpc) is 2.56. The fourth-order valence-corrected chi connectivity index (χ4v) is 2.44. The van der Waals surface area contributed by atoms with Gasteiger partial charge in [0.2, 0.25) is 5.91 Å². The zero-order chi connectivity index (χ0) is 18.6. The number of nitrogens with zero attached hydrogens (tertiary/aromatic N) is 3. The Balaban J connectivity index is 2.28. The van der Waals surface area contributed by atoms with E-state index in [1.54, 1.807) is 6.92 Å². The Kier molecular flexibility index (Phi) is 5.52. The van der Waals surface area contributed by atoms with Crippen molar-refractivity contribution >= 4 is 29.2 Å². The van der Waals surface area contributed by atoms with Crippen LogP contribution < -0.4 is 9.64 Å². The van der Waals surface area contributed by atoms with Gasteiger partial charge in [0, 0.05) is 18.7 Å². The van der Waals surface area contributed by atoms with Gasteiger partial charge < -0.3 is 14.7 Å². The third-order valence-corrected chi connectivity index (χ3v) is 3.56. The number of benzene rings is 1. The number of aliphatic carboxylic acids is 1. The number of amides is 2. The third-order valence-electron chi connectivity index (χ3n) is 3.56. The second-order valence-electron chi connectivity index (χ2n) is 5.39. The van der Waals surface area contributed by atoms with E-state index in [4.69, 9.17) is 9.84 Å². The van der Waals surface area contributed by atoms with Gasteiger partial charge in [0.25, 0.3) is 11.6 Å². The average molecular weight is 351 g/mol. The van der Waals surface area contributed by atoms with Crippen molar-refractivity contribution in [2.24, 2.45) is 0 Å². The maximum Gasteiger partial charge on any atom is 0.323 e. The Morgan fingerprint density at radius 2 is 2.16 bits per heavy atom. The molecule has 0 atom stereocenters. The van der Waals surface area contributed by atoms with Gasteiger partial charge >= 0.3 is 5.97 Å². The van der Waals surface area contributed by atoms with Crippen molar-refractivity contribution in [3.63, 3.8) is 0 Å². The molecule has 0 bridgehead atoms. The fourth-order valence-electron chi connectivity index (χ4n) is 2.44. The molecule has 1 aromatic rings. The largest absolute Gasteiger partial charge is 0.482 e. The van der Waals surface area contributed by atoms with Gasteiger partial charge in [0.15, 0.2) is 6.61 Å². The maximum absolute atomic E-state index is 12.4. The number of hydrogen-bond acceptors (Lipinski definition) is 6. The highest BCUT2D eigenvalue weighted by atomic mass is 16.6. The maximum atomic E-state index is 12.4. The van der Waals surface area contributed by atoms with Crippen LogP contribution in [0.15, 0.2) is 18.2 Å². The summed E-state index contributed by atoms with van der Waals surface area (Å²) < 4.78 is 5.22. The summed E-state index contributed by atoms with van der Waals surface area (Å²) in [6.45, 7) is 0.827. The minimum Gasteiger partial charge on any atom is -0.482 e. The van der Waals surface area contributed by atoms with Crippen LogP contribution in [0.1, 0.15) is 13.3 Å². The lowest BCUT2D eigenvalue weighted by Gasteiger charge is -2.30. The molecule has 0 saturated heterocycles. The molecular weight excluding hydrogens is 334 g/mol. The number of non-ortho nitro benzene ring substituents is 1. The van der Waals surface area contributed by atoms with E-state index in [-0.39, 0.29) is 30.3 Å². The number of carboxylic acids is 1. The number of fused-ring (bicyclic) bond motifs is 1. The summed E-state index contributed by atoms with van der Waals surface area (Å²) in [6, 6.07) is 3.75. The fraction of sp³-hybridized carbons (Fsp3) is 0.400. The molecule has 10 nitrogen and oxygen atoms in total. The monoisotopic (exact) mass is 351 g/mol. The highest BCUT2D eigenvalue weighted by molar-refractivity contribution is 6.02. The number of carboxylic acid groups (broad SMARTS) is 1. The second-order valence-corrected chi connectivity index (χ2v) is 5.39. The zero-order valence-corrected chi connectivity index (χ0v) is 13.5. The molecule has 0 unspecified atom stereocenters. The molecule has 1 heterocycles. The summed E-state index contributed by atoms with van der Waals surface area (Å²) in [5.74, 6) is -2.01. The summed E-state index contributed by atoms with van der Waals surface area (Å²) in [5.41, 5.74) is -0.129. The van der Waals surface area contributed by atoms with Crippen LogP contribution in [0.4, 0.5) is 11.4 Å². The predicted octanol–water partition coefficient (Wildman–Crippen LogP) is 0.643. The highest BCUT2D eigenvalue weighted by Gasteiger charge is 2.30. The number of carbonyl (C=O) groups excluding carboxylic acids is 2. The van der Waals surface area contributed by atoms with Crippen molar-refractivity contribution in [2.75, 3.05) is 31.1 Å². The van der Waals surface area contributed by atoms with Gasteiger partial charge in [0.05, 0.1) is 10.6 Å². The van der Waals surface area contributed by atoms with Gasteiger partial charge in [-0.2, -0.15) is 0 Å². The van der Waals surface area contributed by atoms with Gasteiger partial charge in [-0.15, -0.1) is 0 Å². The molecule has 2 rings (SSSR count). The van der Waals surface area contributed by atoms with Crippen molar-refractivity contribution in [1.29, 1.82) is 0 Å². The Morgan fingerprint density at radius 1 is 1.44 bits per heavy atom. The van der Waals surface area contributed by atoms with Crippen molar-refractivity contribution in [2.45, 2.75) is 13.3 Å². The van der Waals surface area contributed by atoms with Crippen LogP contribution in [-0.2, 0) is 14.4 Å². The first kappa shape index (κ1) is 18.2. The lowest BCUT2D eigenvalue weighted by atomic mass is 10.2. The number of nitro benzene ring substituents is 1. The van der Waals surface area contributed by atoms with Crippen molar-refractivity contribution in [1.82, 2.24) is 4.90 Å². The van der Waals surface area contributed by atoms with Crippen LogP contribution in [0.25, 0.3) is 0 Å². The zero-order valence-electron chi connectivity index (χ0n) is 13.5. The quantitative estimate of drug-likeness (QED) is 0.563. The molecule has 1 aliphatic heterocycles. The smallest absolute Gasteiger partial charge is 0.323 e. The number of rotatable bonds is 7. The standard InChI is InChI=1S/C15H17N3O7/c1-2-5-16(8-15(21)22)13(19)7-17-11-6-10(18(23)24)3-4-12(11)25-9-14(17)20/h3-4,6H,2,5,7-9H2,1H3,(H,21,22). The van der Waals surface area contributed by atoms with E-state index in [0.29, 0.717) is 6.42 Å². The van der Waals surface area contributed by atoms with E-state index in [0.717, 1.165) is 15.9 Å². The molecule has 0 fully saturated rings. The molecule has 134 valence electrons. The Bertz CT molecular complexity index is 719. The predicted molar refractivity (Wildman–Crippen MR) is 85.5 cm³/mol. The minimum atomic E-state index is -1.16. The lowest BCUT2D eigenvalue weighted by Crippen LogP contribution is -2.47. The van der Waals surface area contributed by atoms with E-state index in [2.05, 4.69) is 0 Å². The number of nitro groups is 1. The Hall–Kier alpha value is -3.17. The van der Waals surface area contributed by atoms with E-state index in [9.17, 15) is 24.5 Å². The molecule has 0 aromatic heterocycles. The minimum absolute atomic E-state index is 0.116. The van der Waals surface area contributed by atoms with Crippen molar-refractivity contribution < 1.29 is 29.2 Å². The molecule has 25 heavy (non-hydrogen) atoms. The molecule has 1 aliphatic rings. The van der Waals surface area contributed by atoms with Crippen LogP contribution in [0.5, 0.6) is 5.75 Å². The molecule has 1 N–H and O–H groups in total. The van der Waals surface area contributed by atoms with Crippen molar-refractivity contribution in [3.8, 4) is 5.75 Å². The molecule has 0 saturated carbocycles. The molecule has 1 aromatic carbocycles. The molecule has 10 heteroatoms. The highest BCUT2D eigenvalue weighted by Crippen LogP contribution is 2.35. The van der Waals surface area contributed by atoms with Gasteiger partial charge in [0.1, 0.15) is 18.8 Å². The number of carbonyl (C=O) groups is 3.